The van der Waals surface area contributed by atoms with Gasteiger partial charge in [-0.05, 0) is 38.9 Å². The minimum absolute atomic E-state index is 0.0720. The molecule has 2 aliphatic rings. The van der Waals surface area contributed by atoms with E-state index in [0.29, 0.717) is 17.3 Å². The van der Waals surface area contributed by atoms with Crippen molar-refractivity contribution in [3.05, 3.63) is 29.7 Å². The van der Waals surface area contributed by atoms with Crippen LogP contribution in [-0.4, -0.2) is 80.5 Å². The molecule has 0 radical (unpaired) electrons. The Kier molecular flexibility index (Phi) is 5.41. The average Bonchev–Trinajstić information content (AvgIpc) is 3.26. The maximum Gasteiger partial charge on any atom is 0.259 e. The van der Waals surface area contributed by atoms with Gasteiger partial charge in [0, 0.05) is 50.2 Å². The predicted molar refractivity (Wildman–Crippen MR) is 105 cm³/mol. The highest BCUT2D eigenvalue weighted by atomic mass is 16.2. The van der Waals surface area contributed by atoms with Crippen LogP contribution in [0.25, 0.3) is 5.65 Å². The lowest BCUT2D eigenvalue weighted by Crippen LogP contribution is -2.39. The molecule has 7 heteroatoms. The number of aromatic nitrogens is 3. The molecule has 2 aliphatic heterocycles. The minimum Gasteiger partial charge on any atom is -0.337 e. The molecule has 4 heterocycles. The van der Waals surface area contributed by atoms with Gasteiger partial charge in [0.25, 0.3) is 5.91 Å². The zero-order valence-electron chi connectivity index (χ0n) is 16.5. The van der Waals surface area contributed by atoms with Gasteiger partial charge in [0.2, 0.25) is 0 Å². The first kappa shape index (κ1) is 18.4. The lowest BCUT2D eigenvalue weighted by Gasteiger charge is -2.25. The Bertz CT molecular complexity index is 799. The Balaban J connectivity index is 1.53. The van der Waals surface area contributed by atoms with Crippen molar-refractivity contribution in [2.45, 2.75) is 45.7 Å². The van der Waals surface area contributed by atoms with Crippen LogP contribution in [0.5, 0.6) is 0 Å². The fourth-order valence-corrected chi connectivity index (χ4v) is 4.41. The van der Waals surface area contributed by atoms with Crippen molar-refractivity contribution < 1.29 is 4.79 Å². The highest BCUT2D eigenvalue weighted by molar-refractivity contribution is 5.99. The van der Waals surface area contributed by atoms with Crippen molar-refractivity contribution in [3.8, 4) is 0 Å². The highest BCUT2D eigenvalue weighted by Gasteiger charge is 2.31. The van der Waals surface area contributed by atoms with Crippen molar-refractivity contribution in [1.29, 1.82) is 0 Å². The lowest BCUT2D eigenvalue weighted by atomic mass is 10.2. The van der Waals surface area contributed by atoms with E-state index in [0.717, 1.165) is 51.3 Å². The van der Waals surface area contributed by atoms with Gasteiger partial charge in [-0.25, -0.2) is 9.50 Å². The van der Waals surface area contributed by atoms with E-state index >= 15 is 0 Å². The zero-order chi connectivity index (χ0) is 18.8. The first-order valence-corrected chi connectivity index (χ1v) is 10.3. The molecule has 0 bridgehead atoms. The third-order valence-electron chi connectivity index (χ3n) is 6.03. The molecule has 1 amide bonds. The summed E-state index contributed by atoms with van der Waals surface area (Å²) in [6.45, 7) is 11.1. The molecule has 7 nitrogen and oxygen atoms in total. The van der Waals surface area contributed by atoms with Gasteiger partial charge in [-0.1, -0.05) is 13.8 Å². The Labute approximate surface area is 160 Å². The van der Waals surface area contributed by atoms with E-state index in [1.807, 2.05) is 17.3 Å². The highest BCUT2D eigenvalue weighted by Crippen LogP contribution is 2.23. The molecular weight excluding hydrogens is 340 g/mol. The monoisotopic (exact) mass is 370 g/mol. The third-order valence-corrected chi connectivity index (χ3v) is 6.03. The van der Waals surface area contributed by atoms with Crippen LogP contribution in [0.1, 0.15) is 49.0 Å². The summed E-state index contributed by atoms with van der Waals surface area (Å²) < 4.78 is 1.76. The number of carbonyl (C=O) groups excluding carboxylic acids is 1. The fourth-order valence-electron chi connectivity index (χ4n) is 4.41. The standard InChI is InChI=1S/C20H30N6O/c1-3-23(4-2)13-16-11-21-19-18(12-22-26(19)14-16)20(27)25-10-6-9-24-8-5-7-17(24)15-25/h11-12,14,17H,3-10,13,15H2,1-2H3/t17-/m0/s1. The van der Waals surface area contributed by atoms with Crippen LogP contribution in [0.3, 0.4) is 0 Å². The average molecular weight is 371 g/mol. The van der Waals surface area contributed by atoms with E-state index in [1.165, 1.54) is 19.4 Å². The molecule has 4 rings (SSSR count). The molecular formula is C20H30N6O. The Morgan fingerprint density at radius 3 is 2.81 bits per heavy atom. The number of rotatable bonds is 5. The topological polar surface area (TPSA) is 57.0 Å². The minimum atomic E-state index is 0.0720. The second-order valence-electron chi connectivity index (χ2n) is 7.69. The lowest BCUT2D eigenvalue weighted by molar-refractivity contribution is 0.0745. The predicted octanol–water partition coefficient (Wildman–Crippen LogP) is 1.88. The number of fused-ring (bicyclic) bond motifs is 2. The summed E-state index contributed by atoms with van der Waals surface area (Å²) >= 11 is 0. The summed E-state index contributed by atoms with van der Waals surface area (Å²) in [7, 11) is 0. The van der Waals surface area contributed by atoms with E-state index in [-0.39, 0.29) is 5.91 Å². The van der Waals surface area contributed by atoms with Gasteiger partial charge in [0.05, 0.1) is 6.20 Å². The third kappa shape index (κ3) is 3.71. The second-order valence-corrected chi connectivity index (χ2v) is 7.69. The van der Waals surface area contributed by atoms with Crippen molar-refractivity contribution >= 4 is 11.6 Å². The molecule has 1 atom stereocenters. The summed E-state index contributed by atoms with van der Waals surface area (Å²) in [5.41, 5.74) is 2.40. The van der Waals surface area contributed by atoms with Gasteiger partial charge >= 0.3 is 0 Å². The Hall–Kier alpha value is -1.99. The summed E-state index contributed by atoms with van der Waals surface area (Å²) in [5, 5.41) is 4.42. The summed E-state index contributed by atoms with van der Waals surface area (Å²) in [6.07, 6.45) is 9.06. The van der Waals surface area contributed by atoms with Crippen LogP contribution in [0.4, 0.5) is 0 Å². The number of amides is 1. The van der Waals surface area contributed by atoms with Gasteiger partial charge in [-0.3, -0.25) is 14.6 Å². The summed E-state index contributed by atoms with van der Waals surface area (Å²) in [5.74, 6) is 0.0720. The molecule has 2 aromatic rings. The number of carbonyl (C=O) groups is 1. The SMILES string of the molecule is CCN(CC)Cc1cnc2c(C(=O)N3CCCN4CCC[C@H]4C3)cnn2c1. The van der Waals surface area contributed by atoms with E-state index < -0.39 is 0 Å². The van der Waals surface area contributed by atoms with E-state index in [1.54, 1.807) is 10.7 Å². The Morgan fingerprint density at radius 2 is 2.00 bits per heavy atom. The van der Waals surface area contributed by atoms with Crippen molar-refractivity contribution in [3.63, 3.8) is 0 Å². The molecule has 2 aromatic heterocycles. The van der Waals surface area contributed by atoms with Gasteiger partial charge in [0.1, 0.15) is 5.56 Å². The number of nitrogens with zero attached hydrogens (tertiary/aromatic N) is 6. The number of hydrogen-bond acceptors (Lipinski definition) is 5. The molecule has 2 saturated heterocycles. The zero-order valence-corrected chi connectivity index (χ0v) is 16.5. The van der Waals surface area contributed by atoms with E-state index in [2.05, 4.69) is 33.7 Å². The molecule has 0 N–H and O–H groups in total. The van der Waals surface area contributed by atoms with Crippen molar-refractivity contribution in [1.82, 2.24) is 29.3 Å². The van der Waals surface area contributed by atoms with Crippen LogP contribution >= 0.6 is 0 Å². The fraction of sp³-hybridized carbons (Fsp3) is 0.650. The molecule has 27 heavy (non-hydrogen) atoms. The van der Waals surface area contributed by atoms with Crippen molar-refractivity contribution in [2.75, 3.05) is 39.3 Å². The molecule has 0 aromatic carbocycles. The van der Waals surface area contributed by atoms with Crippen LogP contribution < -0.4 is 0 Å². The van der Waals surface area contributed by atoms with Gasteiger partial charge < -0.3 is 4.90 Å². The summed E-state index contributed by atoms with van der Waals surface area (Å²) in [6, 6.07) is 0.520. The maximum atomic E-state index is 13.2. The second kappa shape index (κ2) is 7.94. The molecule has 0 unspecified atom stereocenters. The first-order chi connectivity index (χ1) is 13.2. The van der Waals surface area contributed by atoms with Crippen LogP contribution in [0.15, 0.2) is 18.6 Å². The quantitative estimate of drug-likeness (QED) is 0.804. The molecule has 0 saturated carbocycles. The largest absolute Gasteiger partial charge is 0.337 e. The molecule has 2 fully saturated rings. The van der Waals surface area contributed by atoms with Gasteiger partial charge in [0.15, 0.2) is 5.65 Å². The van der Waals surface area contributed by atoms with Crippen LogP contribution in [0, 0.1) is 0 Å². The maximum absolute atomic E-state index is 13.2. The van der Waals surface area contributed by atoms with Crippen LogP contribution in [-0.2, 0) is 6.54 Å². The van der Waals surface area contributed by atoms with Crippen molar-refractivity contribution in [2.24, 2.45) is 0 Å². The van der Waals surface area contributed by atoms with Gasteiger partial charge in [-0.15, -0.1) is 0 Å². The molecule has 146 valence electrons. The van der Waals surface area contributed by atoms with Gasteiger partial charge in [-0.2, -0.15) is 5.10 Å². The molecule has 0 spiro atoms. The van der Waals surface area contributed by atoms with E-state index in [9.17, 15) is 4.79 Å². The normalized spacial score (nSPS) is 21.0. The number of hydrogen-bond donors (Lipinski definition) is 0. The van der Waals surface area contributed by atoms with Crippen LogP contribution in [0.2, 0.25) is 0 Å². The smallest absolute Gasteiger partial charge is 0.259 e. The van der Waals surface area contributed by atoms with E-state index in [4.69, 9.17) is 0 Å². The Morgan fingerprint density at radius 1 is 1.19 bits per heavy atom. The summed E-state index contributed by atoms with van der Waals surface area (Å²) in [4.78, 5) is 24.7. The first-order valence-electron chi connectivity index (χ1n) is 10.3. The molecule has 0 aliphatic carbocycles.